The number of nitrogens with one attached hydrogen (secondary N) is 2. The van der Waals surface area contributed by atoms with Crippen LogP contribution in [0.25, 0.3) is 0 Å². The fraction of sp³-hybridized carbons (Fsp3) is 0.611. The zero-order chi connectivity index (χ0) is 16.2. The van der Waals surface area contributed by atoms with Gasteiger partial charge in [0.15, 0.2) is 5.96 Å². The van der Waals surface area contributed by atoms with Gasteiger partial charge < -0.3 is 10.6 Å². The molecule has 2 fully saturated rings. The van der Waals surface area contributed by atoms with E-state index in [9.17, 15) is 0 Å². The molecule has 1 saturated heterocycles. The highest BCUT2D eigenvalue weighted by atomic mass is 127. The number of aliphatic imine (C=N–C) groups is 1. The Labute approximate surface area is 171 Å². The Morgan fingerprint density at radius 3 is 2.75 bits per heavy atom. The minimum atomic E-state index is 0. The number of nitrogens with zero attached hydrogens (tertiary/aromatic N) is 2. The van der Waals surface area contributed by atoms with Crippen LogP contribution in [-0.2, 0) is 0 Å². The average Bonchev–Trinajstić information content (AvgIpc) is 3.18. The molecular formula is C18H28BrIN4. The number of hydrogen-bond donors (Lipinski definition) is 2. The van der Waals surface area contributed by atoms with Gasteiger partial charge in [0.05, 0.1) is 0 Å². The first-order valence-electron chi connectivity index (χ1n) is 8.68. The highest BCUT2D eigenvalue weighted by molar-refractivity contribution is 14.0. The third kappa shape index (κ3) is 5.08. The second kappa shape index (κ2) is 9.38. The molecule has 3 atom stereocenters. The topological polar surface area (TPSA) is 39.7 Å². The highest BCUT2D eigenvalue weighted by Gasteiger charge is 2.39. The van der Waals surface area contributed by atoms with Gasteiger partial charge in [-0.05, 0) is 50.0 Å². The summed E-state index contributed by atoms with van der Waals surface area (Å²) in [6, 6.07) is 9.83. The van der Waals surface area contributed by atoms with E-state index in [0.29, 0.717) is 18.0 Å². The Morgan fingerprint density at radius 2 is 2.08 bits per heavy atom. The predicted octanol–water partition coefficient (Wildman–Crippen LogP) is 3.57. The summed E-state index contributed by atoms with van der Waals surface area (Å²) < 4.78 is 1.14. The number of halogens is 2. The van der Waals surface area contributed by atoms with E-state index in [4.69, 9.17) is 0 Å². The van der Waals surface area contributed by atoms with Crippen LogP contribution in [-0.4, -0.2) is 49.6 Å². The molecule has 1 aromatic rings. The lowest BCUT2D eigenvalue weighted by Crippen LogP contribution is -2.45. The van der Waals surface area contributed by atoms with Crippen molar-refractivity contribution >= 4 is 45.9 Å². The zero-order valence-corrected chi connectivity index (χ0v) is 18.4. The summed E-state index contributed by atoms with van der Waals surface area (Å²) in [6.07, 6.45) is 3.80. The van der Waals surface area contributed by atoms with E-state index in [1.54, 1.807) is 0 Å². The maximum absolute atomic E-state index is 4.39. The first-order valence-corrected chi connectivity index (χ1v) is 9.47. The molecule has 1 aromatic carbocycles. The van der Waals surface area contributed by atoms with Crippen molar-refractivity contribution in [2.45, 2.75) is 44.2 Å². The number of rotatable bonds is 5. The van der Waals surface area contributed by atoms with Crippen molar-refractivity contribution < 1.29 is 0 Å². The van der Waals surface area contributed by atoms with Crippen LogP contribution in [0.5, 0.6) is 0 Å². The summed E-state index contributed by atoms with van der Waals surface area (Å²) in [7, 11) is 1.86. The lowest BCUT2D eigenvalue weighted by molar-refractivity contribution is 0.267. The lowest BCUT2D eigenvalue weighted by Gasteiger charge is -2.24. The van der Waals surface area contributed by atoms with Crippen LogP contribution in [0.1, 0.15) is 37.7 Å². The van der Waals surface area contributed by atoms with Gasteiger partial charge in [-0.1, -0.05) is 35.0 Å². The number of likely N-dealkylation sites (N-methyl/N-ethyl adjacent to an activating group) is 1. The van der Waals surface area contributed by atoms with Crippen molar-refractivity contribution in [2.75, 3.05) is 26.7 Å². The van der Waals surface area contributed by atoms with Gasteiger partial charge in [-0.2, -0.15) is 0 Å². The minimum absolute atomic E-state index is 0. The van der Waals surface area contributed by atoms with E-state index in [1.165, 1.54) is 31.4 Å². The van der Waals surface area contributed by atoms with Crippen molar-refractivity contribution in [2.24, 2.45) is 4.99 Å². The fourth-order valence-electron chi connectivity index (χ4n) is 3.56. The molecule has 0 radical (unpaired) electrons. The average molecular weight is 507 g/mol. The van der Waals surface area contributed by atoms with Crippen LogP contribution in [0.3, 0.4) is 0 Å². The van der Waals surface area contributed by atoms with Gasteiger partial charge in [-0.15, -0.1) is 24.0 Å². The molecule has 1 saturated carbocycles. The SMILES string of the molecule is CCN1CCCC1CNC(=NC)NC1CC1c1ccc(Br)cc1.I. The van der Waals surface area contributed by atoms with Gasteiger partial charge in [0, 0.05) is 36.1 Å². The van der Waals surface area contributed by atoms with Crippen LogP contribution >= 0.6 is 39.9 Å². The number of benzene rings is 1. The summed E-state index contributed by atoms with van der Waals surface area (Å²) in [6.45, 7) is 5.62. The van der Waals surface area contributed by atoms with Gasteiger partial charge in [0.25, 0.3) is 0 Å². The smallest absolute Gasteiger partial charge is 0.191 e. The van der Waals surface area contributed by atoms with E-state index in [2.05, 4.69) is 67.6 Å². The maximum Gasteiger partial charge on any atom is 0.191 e. The Bertz CT molecular complexity index is 548. The summed E-state index contributed by atoms with van der Waals surface area (Å²) in [5.74, 6) is 1.55. The summed E-state index contributed by atoms with van der Waals surface area (Å²) in [5, 5.41) is 7.09. The number of guanidine groups is 1. The van der Waals surface area contributed by atoms with Crippen LogP contribution < -0.4 is 10.6 Å². The maximum atomic E-state index is 4.39. The van der Waals surface area contributed by atoms with Crippen molar-refractivity contribution in [1.29, 1.82) is 0 Å². The molecule has 0 amide bonds. The fourth-order valence-corrected chi connectivity index (χ4v) is 3.82. The molecule has 134 valence electrons. The van der Waals surface area contributed by atoms with Crippen molar-refractivity contribution in [3.63, 3.8) is 0 Å². The quantitative estimate of drug-likeness (QED) is 0.364. The predicted molar refractivity (Wildman–Crippen MR) is 115 cm³/mol. The van der Waals surface area contributed by atoms with Gasteiger partial charge in [-0.25, -0.2) is 0 Å². The second-order valence-corrected chi connectivity index (χ2v) is 7.44. The van der Waals surface area contributed by atoms with Crippen molar-refractivity contribution in [3.8, 4) is 0 Å². The summed E-state index contributed by atoms with van der Waals surface area (Å²) in [5.41, 5.74) is 1.41. The normalized spacial score (nSPS) is 26.8. The Hall–Kier alpha value is -0.340. The van der Waals surface area contributed by atoms with Crippen molar-refractivity contribution in [3.05, 3.63) is 34.3 Å². The van der Waals surface area contributed by atoms with E-state index in [1.807, 2.05) is 7.05 Å². The number of likely N-dealkylation sites (tertiary alicyclic amines) is 1. The third-order valence-electron chi connectivity index (χ3n) is 5.04. The molecule has 4 nitrogen and oxygen atoms in total. The molecule has 1 aliphatic carbocycles. The lowest BCUT2D eigenvalue weighted by atomic mass is 10.1. The largest absolute Gasteiger partial charge is 0.355 e. The van der Waals surface area contributed by atoms with Crippen LogP contribution in [0.2, 0.25) is 0 Å². The Balaban J connectivity index is 0.00000208. The van der Waals surface area contributed by atoms with E-state index in [0.717, 1.165) is 23.5 Å². The molecule has 0 aromatic heterocycles. The molecule has 2 aliphatic rings. The molecule has 0 bridgehead atoms. The zero-order valence-electron chi connectivity index (χ0n) is 14.5. The molecule has 3 rings (SSSR count). The molecule has 1 heterocycles. The monoisotopic (exact) mass is 506 g/mol. The molecule has 1 aliphatic heterocycles. The van der Waals surface area contributed by atoms with E-state index in [-0.39, 0.29) is 24.0 Å². The Kier molecular flexibility index (Phi) is 7.81. The van der Waals surface area contributed by atoms with Gasteiger partial charge in [0.1, 0.15) is 0 Å². The molecule has 3 unspecified atom stereocenters. The molecule has 0 spiro atoms. The van der Waals surface area contributed by atoms with Gasteiger partial charge in [-0.3, -0.25) is 9.89 Å². The molecule has 6 heteroatoms. The molecular weight excluding hydrogens is 479 g/mol. The first-order chi connectivity index (χ1) is 11.2. The third-order valence-corrected chi connectivity index (χ3v) is 5.57. The standard InChI is InChI=1S/C18H27BrN4.HI/c1-3-23-10-4-5-15(23)12-21-18(20-2)22-17-11-16(17)13-6-8-14(19)9-7-13;/h6-9,15-17H,3-5,10-12H2,1-2H3,(H2,20,21,22);1H. The van der Waals surface area contributed by atoms with Gasteiger partial charge >= 0.3 is 0 Å². The van der Waals surface area contributed by atoms with Crippen LogP contribution in [0.15, 0.2) is 33.7 Å². The highest BCUT2D eigenvalue weighted by Crippen LogP contribution is 2.40. The second-order valence-electron chi connectivity index (χ2n) is 6.52. The summed E-state index contributed by atoms with van der Waals surface area (Å²) >= 11 is 3.50. The first kappa shape index (κ1) is 20.0. The molecule has 24 heavy (non-hydrogen) atoms. The summed E-state index contributed by atoms with van der Waals surface area (Å²) in [4.78, 5) is 6.95. The number of hydrogen-bond acceptors (Lipinski definition) is 2. The van der Waals surface area contributed by atoms with Crippen LogP contribution in [0, 0.1) is 0 Å². The van der Waals surface area contributed by atoms with Crippen LogP contribution in [0.4, 0.5) is 0 Å². The minimum Gasteiger partial charge on any atom is -0.355 e. The van der Waals surface area contributed by atoms with E-state index < -0.39 is 0 Å². The van der Waals surface area contributed by atoms with E-state index >= 15 is 0 Å². The van der Waals surface area contributed by atoms with Crippen molar-refractivity contribution in [1.82, 2.24) is 15.5 Å². The Morgan fingerprint density at radius 1 is 1.33 bits per heavy atom. The molecule has 2 N–H and O–H groups in total. The van der Waals surface area contributed by atoms with Gasteiger partial charge in [0.2, 0.25) is 0 Å².